The molecule has 0 fully saturated rings. The molecule has 0 saturated heterocycles. The Balaban J connectivity index is 2.50. The van der Waals surface area contributed by atoms with Gasteiger partial charge < -0.3 is 0 Å². The molecule has 6 heteroatoms. The summed E-state index contributed by atoms with van der Waals surface area (Å²) < 4.78 is 3.51. The highest BCUT2D eigenvalue weighted by Gasteiger charge is 2.25. The van der Waals surface area contributed by atoms with Crippen molar-refractivity contribution >= 4 is 17.1 Å². The molecule has 2 heterocycles. The van der Waals surface area contributed by atoms with Crippen molar-refractivity contribution < 1.29 is 9.36 Å². The maximum Gasteiger partial charge on any atom is 0.234 e. The molecule has 0 aliphatic heterocycles. The summed E-state index contributed by atoms with van der Waals surface area (Å²) >= 11 is 1.50. The van der Waals surface area contributed by atoms with Gasteiger partial charge in [-0.25, -0.2) is 4.68 Å². The summed E-state index contributed by atoms with van der Waals surface area (Å²) in [6.45, 7) is 3.94. The van der Waals surface area contributed by atoms with Crippen LogP contribution >= 0.6 is 11.3 Å². The summed E-state index contributed by atoms with van der Waals surface area (Å²) in [6, 6.07) is 0. The molecule has 0 aliphatic carbocycles. The van der Waals surface area contributed by atoms with Crippen LogP contribution < -0.4 is 4.57 Å². The lowest BCUT2D eigenvalue weighted by Gasteiger charge is -1.95. The van der Waals surface area contributed by atoms with Crippen LogP contribution in [-0.4, -0.2) is 20.8 Å². The molecular weight excluding hydrogens is 224 g/mol. The zero-order chi connectivity index (χ0) is 11.9. The van der Waals surface area contributed by atoms with Crippen molar-refractivity contribution in [1.82, 2.24) is 15.0 Å². The number of carbonyl (C=O) groups excluding carboxylic acids is 1. The number of aryl methyl sites for hydroxylation is 2. The van der Waals surface area contributed by atoms with Gasteiger partial charge in [0.25, 0.3) is 0 Å². The SMILES string of the molecule is Cc1sc(C(=O)c2cnnn2C)c(C)[n+]1C. The monoisotopic (exact) mass is 237 g/mol. The maximum absolute atomic E-state index is 12.2. The van der Waals surface area contributed by atoms with E-state index >= 15 is 0 Å². The number of hydrogen-bond donors (Lipinski definition) is 0. The van der Waals surface area contributed by atoms with Crippen LogP contribution in [0.25, 0.3) is 0 Å². The van der Waals surface area contributed by atoms with Crippen molar-refractivity contribution in [2.45, 2.75) is 13.8 Å². The van der Waals surface area contributed by atoms with E-state index in [-0.39, 0.29) is 5.78 Å². The van der Waals surface area contributed by atoms with Crippen molar-refractivity contribution in [3.63, 3.8) is 0 Å². The number of hydrogen-bond acceptors (Lipinski definition) is 4. The van der Waals surface area contributed by atoms with Crippen LogP contribution in [0.2, 0.25) is 0 Å². The second-order valence-electron chi connectivity index (χ2n) is 3.67. The van der Waals surface area contributed by atoms with Crippen molar-refractivity contribution in [1.29, 1.82) is 0 Å². The molecule has 0 radical (unpaired) electrons. The molecule has 2 rings (SSSR count). The van der Waals surface area contributed by atoms with Gasteiger partial charge in [0.05, 0.1) is 6.20 Å². The number of aromatic nitrogens is 4. The van der Waals surface area contributed by atoms with E-state index in [1.165, 1.54) is 22.2 Å². The highest BCUT2D eigenvalue weighted by molar-refractivity contribution is 7.13. The highest BCUT2D eigenvalue weighted by Crippen LogP contribution is 2.18. The van der Waals surface area contributed by atoms with E-state index in [0.29, 0.717) is 5.69 Å². The molecular formula is C10H13N4OS+. The standard InChI is InChI=1S/C10H13N4OS/c1-6-10(16-7(2)13(6)3)9(15)8-5-11-12-14(8)4/h5H,1-4H3/q+1. The molecule has 0 atom stereocenters. The molecule has 5 nitrogen and oxygen atoms in total. The van der Waals surface area contributed by atoms with E-state index in [1.54, 1.807) is 7.05 Å². The maximum atomic E-state index is 12.2. The summed E-state index contributed by atoms with van der Waals surface area (Å²) in [5.41, 5.74) is 1.50. The fourth-order valence-electron chi connectivity index (χ4n) is 1.50. The van der Waals surface area contributed by atoms with Crippen molar-refractivity contribution in [2.75, 3.05) is 0 Å². The average molecular weight is 237 g/mol. The largest absolute Gasteiger partial charge is 0.286 e. The Hall–Kier alpha value is -1.56. The van der Waals surface area contributed by atoms with Gasteiger partial charge in [-0.1, -0.05) is 16.6 Å². The molecule has 2 aromatic rings. The zero-order valence-corrected chi connectivity index (χ0v) is 10.5. The zero-order valence-electron chi connectivity index (χ0n) is 9.68. The van der Waals surface area contributed by atoms with Gasteiger partial charge in [-0.2, -0.15) is 4.57 Å². The van der Waals surface area contributed by atoms with Crippen LogP contribution in [0.5, 0.6) is 0 Å². The minimum Gasteiger partial charge on any atom is -0.286 e. The third kappa shape index (κ3) is 1.55. The van der Waals surface area contributed by atoms with Crippen LogP contribution in [0.3, 0.4) is 0 Å². The Labute approximate surface area is 97.3 Å². The van der Waals surface area contributed by atoms with Crippen LogP contribution in [0.15, 0.2) is 6.20 Å². The number of thiazole rings is 1. The molecule has 2 aromatic heterocycles. The van der Waals surface area contributed by atoms with Gasteiger partial charge in [-0.05, 0) is 0 Å². The van der Waals surface area contributed by atoms with E-state index < -0.39 is 0 Å². The second-order valence-corrected chi connectivity index (χ2v) is 4.87. The first-order chi connectivity index (χ1) is 7.52. The van der Waals surface area contributed by atoms with Crippen LogP contribution in [0.4, 0.5) is 0 Å². The molecule has 0 unspecified atom stereocenters. The minimum absolute atomic E-state index is 0.0151. The third-order valence-electron chi connectivity index (χ3n) is 2.71. The van der Waals surface area contributed by atoms with Crippen LogP contribution in [0.1, 0.15) is 26.1 Å². The Kier molecular flexibility index (Phi) is 2.59. The lowest BCUT2D eigenvalue weighted by Crippen LogP contribution is -2.32. The number of nitrogens with zero attached hydrogens (tertiary/aromatic N) is 4. The summed E-state index contributed by atoms with van der Waals surface area (Å²) in [7, 11) is 3.68. The number of rotatable bonds is 2. The van der Waals surface area contributed by atoms with Crippen molar-refractivity contribution in [3.8, 4) is 0 Å². The minimum atomic E-state index is -0.0151. The number of ketones is 1. The molecule has 0 N–H and O–H groups in total. The van der Waals surface area contributed by atoms with Gasteiger partial charge in [-0.3, -0.25) is 4.79 Å². The molecule has 0 aliphatic rings. The van der Waals surface area contributed by atoms with E-state index in [4.69, 9.17) is 0 Å². The average Bonchev–Trinajstić information content (AvgIpc) is 2.77. The first-order valence-corrected chi connectivity index (χ1v) is 5.69. The lowest BCUT2D eigenvalue weighted by atomic mass is 10.2. The third-order valence-corrected chi connectivity index (χ3v) is 3.96. The predicted molar refractivity (Wildman–Crippen MR) is 59.4 cm³/mol. The quantitative estimate of drug-likeness (QED) is 0.566. The van der Waals surface area contributed by atoms with Gasteiger partial charge in [-0.15, -0.1) is 5.10 Å². The first kappa shape index (κ1) is 10.9. The van der Waals surface area contributed by atoms with Crippen molar-refractivity contribution in [3.05, 3.63) is 27.5 Å². The molecule has 16 heavy (non-hydrogen) atoms. The Bertz CT molecular complexity index is 555. The Morgan fingerprint density at radius 1 is 1.50 bits per heavy atom. The summed E-state index contributed by atoms with van der Waals surface area (Å²) in [5.74, 6) is -0.0151. The Morgan fingerprint density at radius 2 is 2.19 bits per heavy atom. The van der Waals surface area contributed by atoms with Crippen molar-refractivity contribution in [2.24, 2.45) is 14.1 Å². The molecule has 0 aromatic carbocycles. The van der Waals surface area contributed by atoms with Crippen LogP contribution in [-0.2, 0) is 14.1 Å². The van der Waals surface area contributed by atoms with Gasteiger partial charge >= 0.3 is 0 Å². The van der Waals surface area contributed by atoms with Gasteiger partial charge in [0.2, 0.25) is 16.5 Å². The summed E-state index contributed by atoms with van der Waals surface area (Å²) in [6.07, 6.45) is 1.50. The fraction of sp³-hybridized carbons (Fsp3) is 0.400. The number of carbonyl (C=O) groups is 1. The molecule has 0 amide bonds. The highest BCUT2D eigenvalue weighted by atomic mass is 32.1. The fourth-order valence-corrected chi connectivity index (χ4v) is 2.55. The van der Waals surface area contributed by atoms with E-state index in [1.807, 2.05) is 25.5 Å². The lowest BCUT2D eigenvalue weighted by molar-refractivity contribution is -0.678. The van der Waals surface area contributed by atoms with Crippen LogP contribution in [0, 0.1) is 13.8 Å². The van der Waals surface area contributed by atoms with E-state index in [2.05, 4.69) is 10.3 Å². The summed E-state index contributed by atoms with van der Waals surface area (Å²) in [5, 5.41) is 8.59. The van der Waals surface area contributed by atoms with E-state index in [0.717, 1.165) is 15.6 Å². The normalized spacial score (nSPS) is 10.8. The molecule has 84 valence electrons. The van der Waals surface area contributed by atoms with Gasteiger partial charge in [0, 0.05) is 20.9 Å². The molecule has 0 bridgehead atoms. The summed E-state index contributed by atoms with van der Waals surface area (Å²) in [4.78, 5) is 13.0. The first-order valence-electron chi connectivity index (χ1n) is 4.87. The predicted octanol–water partition coefficient (Wildman–Crippen LogP) is 0.549. The topological polar surface area (TPSA) is 51.7 Å². The molecule has 0 spiro atoms. The Morgan fingerprint density at radius 3 is 2.62 bits per heavy atom. The second kappa shape index (κ2) is 3.79. The smallest absolute Gasteiger partial charge is 0.234 e. The van der Waals surface area contributed by atoms with Gasteiger partial charge in [0.15, 0.2) is 0 Å². The van der Waals surface area contributed by atoms with E-state index in [9.17, 15) is 4.79 Å². The van der Waals surface area contributed by atoms with Gasteiger partial charge in [0.1, 0.15) is 17.6 Å². The molecule has 0 saturated carbocycles.